The van der Waals surface area contributed by atoms with E-state index in [9.17, 15) is 23.3 Å². The number of aromatic nitrogens is 2. The first-order chi connectivity index (χ1) is 22.3. The zero-order valence-corrected chi connectivity index (χ0v) is 25.5. The maximum atomic E-state index is 14.8. The van der Waals surface area contributed by atoms with E-state index in [0.717, 1.165) is 11.1 Å². The van der Waals surface area contributed by atoms with E-state index < -0.39 is 15.6 Å². The lowest BCUT2D eigenvalue weighted by atomic mass is 9.85. The second kappa shape index (κ2) is 11.6. The van der Waals surface area contributed by atoms with Crippen molar-refractivity contribution in [1.29, 1.82) is 5.26 Å². The molecule has 2 aliphatic heterocycles. The monoisotopic (exact) mass is 630 g/mol. The van der Waals surface area contributed by atoms with Crippen molar-refractivity contribution < 1.29 is 18.0 Å². The number of sulfonamides is 1. The van der Waals surface area contributed by atoms with Crippen LogP contribution in [-0.2, 0) is 27.7 Å². The van der Waals surface area contributed by atoms with Gasteiger partial charge in [0.15, 0.2) is 5.78 Å². The predicted octanol–water partition coefficient (Wildman–Crippen LogP) is 3.35. The van der Waals surface area contributed by atoms with Gasteiger partial charge in [0.1, 0.15) is 11.4 Å². The number of hydrogen-bond acceptors (Lipinski definition) is 8. The summed E-state index contributed by atoms with van der Waals surface area (Å²) < 4.78 is 28.2. The van der Waals surface area contributed by atoms with Gasteiger partial charge in [0.25, 0.3) is 5.91 Å². The highest BCUT2D eigenvalue weighted by atomic mass is 32.2. The molecule has 11 heteroatoms. The van der Waals surface area contributed by atoms with E-state index in [-0.39, 0.29) is 47.6 Å². The zero-order chi connectivity index (χ0) is 31.9. The topological polar surface area (TPSA) is 136 Å². The van der Waals surface area contributed by atoms with Crippen molar-refractivity contribution in [2.75, 3.05) is 13.1 Å². The van der Waals surface area contributed by atoms with Crippen molar-refractivity contribution in [3.05, 3.63) is 138 Å². The molecule has 1 saturated carbocycles. The summed E-state index contributed by atoms with van der Waals surface area (Å²) in [6, 6.07) is 24.0. The summed E-state index contributed by atoms with van der Waals surface area (Å²) in [6.07, 6.45) is 8.87. The number of fused-ring (bicyclic) bond motifs is 1. The average molecular weight is 631 g/mol. The normalized spacial score (nSPS) is 22.7. The molecule has 2 aromatic heterocycles. The molecule has 1 aliphatic carbocycles. The summed E-state index contributed by atoms with van der Waals surface area (Å²) in [7, 11) is -3.67. The van der Waals surface area contributed by atoms with Crippen LogP contribution in [0.25, 0.3) is 0 Å². The van der Waals surface area contributed by atoms with Gasteiger partial charge >= 0.3 is 0 Å². The fourth-order valence-electron chi connectivity index (χ4n) is 6.79. The number of benzene rings is 2. The molecule has 230 valence electrons. The maximum absolute atomic E-state index is 14.8. The van der Waals surface area contributed by atoms with Gasteiger partial charge < -0.3 is 5.32 Å². The van der Waals surface area contributed by atoms with Crippen LogP contribution >= 0.6 is 0 Å². The minimum absolute atomic E-state index is 0.0738. The lowest BCUT2D eigenvalue weighted by Gasteiger charge is -2.28. The summed E-state index contributed by atoms with van der Waals surface area (Å²) in [5, 5.41) is 12.7. The third-order valence-electron chi connectivity index (χ3n) is 9.13. The SMILES string of the molecule is N#Cc1ccc(C(=O)/C=C2\NC(Cc3ccncc3)(Cc3ccncc3)C(=O)N2C2C3CN(S(=O)(=O)c4ccccc4)CC32)cc1. The summed E-state index contributed by atoms with van der Waals surface area (Å²) in [5.41, 5.74) is 1.51. The number of pyridine rings is 2. The summed E-state index contributed by atoms with van der Waals surface area (Å²) in [6.45, 7) is 0.573. The van der Waals surface area contributed by atoms with Crippen LogP contribution < -0.4 is 5.32 Å². The molecule has 4 heterocycles. The Hall–Kier alpha value is -5.18. The number of carbonyl (C=O) groups is 2. The average Bonchev–Trinajstić information content (AvgIpc) is 3.41. The molecule has 0 radical (unpaired) electrons. The third kappa shape index (κ3) is 5.36. The molecule has 3 aliphatic rings. The van der Waals surface area contributed by atoms with E-state index in [2.05, 4.69) is 21.4 Å². The van der Waals surface area contributed by atoms with E-state index in [1.807, 2.05) is 24.3 Å². The fraction of sp³-hybridized carbons (Fsp3) is 0.229. The molecule has 7 rings (SSSR count). The molecule has 2 atom stereocenters. The first kappa shape index (κ1) is 29.5. The van der Waals surface area contributed by atoms with Crippen molar-refractivity contribution in [3.8, 4) is 6.07 Å². The maximum Gasteiger partial charge on any atom is 0.254 e. The smallest absolute Gasteiger partial charge is 0.254 e. The first-order valence-corrected chi connectivity index (χ1v) is 16.4. The Kier molecular flexibility index (Phi) is 7.47. The number of allylic oxidation sites excluding steroid dienone is 1. The molecule has 46 heavy (non-hydrogen) atoms. The van der Waals surface area contributed by atoms with Crippen LogP contribution in [0.5, 0.6) is 0 Å². The predicted molar refractivity (Wildman–Crippen MR) is 168 cm³/mol. The number of nitrogens with one attached hydrogen (secondary N) is 1. The minimum Gasteiger partial charge on any atom is -0.357 e. The van der Waals surface area contributed by atoms with Crippen LogP contribution in [0, 0.1) is 23.2 Å². The molecule has 2 aromatic carbocycles. The van der Waals surface area contributed by atoms with Gasteiger partial charge in [-0.05, 0) is 71.8 Å². The van der Waals surface area contributed by atoms with Crippen molar-refractivity contribution >= 4 is 21.7 Å². The first-order valence-electron chi connectivity index (χ1n) is 15.0. The standard InChI is InChI=1S/C35H30N6O4S/c36-21-26-6-8-27(9-7-26)31(42)18-32-39-35(19-24-10-14-37-15-11-24,20-25-12-16-38-17-13-25)34(43)41(32)33-29-22-40(23-30(29)33)46(44,45)28-4-2-1-3-5-28/h1-18,29-30,33,39H,19-20,22-23H2/b32-18+. The Bertz CT molecular complexity index is 1910. The van der Waals surface area contributed by atoms with Crippen LogP contribution in [0.15, 0.2) is 120 Å². The molecule has 2 saturated heterocycles. The van der Waals surface area contributed by atoms with Crippen LogP contribution in [-0.4, -0.2) is 64.0 Å². The van der Waals surface area contributed by atoms with Crippen molar-refractivity contribution in [2.24, 2.45) is 11.8 Å². The quantitative estimate of drug-likeness (QED) is 0.220. The van der Waals surface area contributed by atoms with Gasteiger partial charge in [-0.25, -0.2) is 8.42 Å². The number of hydrogen-bond donors (Lipinski definition) is 1. The van der Waals surface area contributed by atoms with Crippen molar-refractivity contribution in [3.63, 3.8) is 0 Å². The number of nitriles is 1. The largest absolute Gasteiger partial charge is 0.357 e. The summed E-state index contributed by atoms with van der Waals surface area (Å²) in [4.78, 5) is 38.6. The second-order valence-corrected chi connectivity index (χ2v) is 13.9. The van der Waals surface area contributed by atoms with Crippen molar-refractivity contribution in [2.45, 2.75) is 29.3 Å². The lowest BCUT2D eigenvalue weighted by molar-refractivity contribution is -0.132. The molecular weight excluding hydrogens is 600 g/mol. The summed E-state index contributed by atoms with van der Waals surface area (Å²) >= 11 is 0. The van der Waals surface area contributed by atoms with Crippen LogP contribution in [0.1, 0.15) is 27.0 Å². The van der Waals surface area contributed by atoms with Gasteiger partial charge in [-0.3, -0.25) is 24.5 Å². The number of nitrogens with zero attached hydrogens (tertiary/aromatic N) is 5. The molecule has 0 spiro atoms. The molecule has 4 aromatic rings. The Morgan fingerprint density at radius 2 is 1.46 bits per heavy atom. The van der Waals surface area contributed by atoms with E-state index in [1.165, 1.54) is 10.4 Å². The number of piperidine rings is 1. The molecule has 3 fully saturated rings. The van der Waals surface area contributed by atoms with E-state index in [0.29, 0.717) is 29.8 Å². The Morgan fingerprint density at radius 3 is 2.00 bits per heavy atom. The Balaban J connectivity index is 1.24. The molecule has 1 amide bonds. The number of ketones is 1. The van der Waals surface area contributed by atoms with Crippen LogP contribution in [0.2, 0.25) is 0 Å². The Morgan fingerprint density at radius 1 is 0.891 bits per heavy atom. The van der Waals surface area contributed by atoms with E-state index in [4.69, 9.17) is 0 Å². The highest BCUT2D eigenvalue weighted by Crippen LogP contribution is 2.53. The van der Waals surface area contributed by atoms with Crippen molar-refractivity contribution in [1.82, 2.24) is 24.5 Å². The van der Waals surface area contributed by atoms with E-state index >= 15 is 0 Å². The van der Waals surface area contributed by atoms with Gasteiger partial charge in [-0.15, -0.1) is 0 Å². The van der Waals surface area contributed by atoms with Gasteiger partial charge in [0, 0.05) is 80.2 Å². The zero-order valence-electron chi connectivity index (χ0n) is 24.7. The molecule has 10 nitrogen and oxygen atoms in total. The number of rotatable bonds is 9. The Labute approximate surface area is 267 Å². The molecule has 0 bridgehead atoms. The van der Waals surface area contributed by atoms with E-state index in [1.54, 1.807) is 84.3 Å². The molecule has 1 N–H and O–H groups in total. The van der Waals surface area contributed by atoms with Gasteiger partial charge in [0.05, 0.1) is 16.5 Å². The van der Waals surface area contributed by atoms with Gasteiger partial charge in [-0.1, -0.05) is 18.2 Å². The van der Waals surface area contributed by atoms with Gasteiger partial charge in [-0.2, -0.15) is 9.57 Å². The third-order valence-corrected chi connectivity index (χ3v) is 11.0. The highest BCUT2D eigenvalue weighted by Gasteiger charge is 2.65. The lowest BCUT2D eigenvalue weighted by Crippen LogP contribution is -2.51. The van der Waals surface area contributed by atoms with Crippen LogP contribution in [0.4, 0.5) is 0 Å². The van der Waals surface area contributed by atoms with Crippen LogP contribution in [0.3, 0.4) is 0 Å². The number of carbonyl (C=O) groups excluding carboxylic acids is 2. The minimum atomic E-state index is -3.67. The summed E-state index contributed by atoms with van der Waals surface area (Å²) in [5.74, 6) is -0.241. The fourth-order valence-corrected chi connectivity index (χ4v) is 8.33. The second-order valence-electron chi connectivity index (χ2n) is 12.0. The molecule has 2 unspecified atom stereocenters. The molecular formula is C35H30N6O4S. The number of amides is 1. The highest BCUT2D eigenvalue weighted by molar-refractivity contribution is 7.89. The van der Waals surface area contributed by atoms with Gasteiger partial charge in [0.2, 0.25) is 10.0 Å².